The summed E-state index contributed by atoms with van der Waals surface area (Å²) in [6, 6.07) is 10.8. The van der Waals surface area contributed by atoms with Crippen molar-refractivity contribution in [2.75, 3.05) is 10.6 Å². The monoisotopic (exact) mass is 1020 g/mol. The number of aliphatic hydroxyl groups is 2. The van der Waals surface area contributed by atoms with Gasteiger partial charge in [-0.05, 0) is 106 Å². The normalized spacial score (nSPS) is 14.2. The third-order valence-electron chi connectivity index (χ3n) is 10.8. The Morgan fingerprint density at radius 2 is 0.985 bits per heavy atom. The molecule has 2 atom stereocenters. The number of hydrogen-bond acceptors (Lipinski definition) is 10. The Morgan fingerprint density at radius 3 is 1.39 bits per heavy atom. The summed E-state index contributed by atoms with van der Waals surface area (Å²) in [4.78, 5) is 48.9. The van der Waals surface area contributed by atoms with Crippen LogP contribution in [0.4, 0.5) is 55.3 Å². The molecule has 6 rings (SSSR count). The molecule has 6 aromatic rings. The van der Waals surface area contributed by atoms with Crippen LogP contribution >= 0.6 is 15.9 Å². The predicted octanol–water partition coefficient (Wildman–Crippen LogP) is 9.51. The zero-order chi connectivity index (χ0) is 50.4. The fourth-order valence-electron chi connectivity index (χ4n) is 7.17. The quantitative estimate of drug-likeness (QED) is 0.0761. The highest BCUT2D eigenvalue weighted by Gasteiger charge is 2.62. The van der Waals surface area contributed by atoms with Gasteiger partial charge in [0.05, 0.1) is 26.6 Å². The number of amides is 2. The Morgan fingerprint density at radius 1 is 0.597 bits per heavy atom. The topological polar surface area (TPSA) is 185 Å². The van der Waals surface area contributed by atoms with E-state index < -0.39 is 93.6 Å². The summed E-state index contributed by atoms with van der Waals surface area (Å²) in [5.41, 5.74) is -12.9. The Kier molecular flexibility index (Phi) is 14.3. The Bertz CT molecular complexity index is 3010. The minimum atomic E-state index is -5.44. The predicted molar refractivity (Wildman–Crippen MR) is 225 cm³/mol. The Hall–Kier alpha value is -6.20. The van der Waals surface area contributed by atoms with Crippen LogP contribution in [-0.2, 0) is 20.4 Å². The number of fused-ring (bicyclic) bond motifs is 2. The average Bonchev–Trinajstić information content (AvgIpc) is 3.20. The van der Waals surface area contributed by atoms with Crippen molar-refractivity contribution in [3.63, 3.8) is 0 Å². The zero-order valence-corrected chi connectivity index (χ0v) is 37.2. The molecule has 4 aromatic carbocycles. The number of aromatic nitrogens is 2. The molecule has 0 aliphatic carbocycles. The summed E-state index contributed by atoms with van der Waals surface area (Å²) in [6.45, 7) is 7.83. The maximum Gasteiger partial charge on any atom is 0.426 e. The van der Waals surface area contributed by atoms with E-state index in [9.17, 15) is 73.3 Å². The van der Waals surface area contributed by atoms with Crippen molar-refractivity contribution in [3.05, 3.63) is 138 Å². The van der Waals surface area contributed by atoms with Crippen molar-refractivity contribution in [2.24, 2.45) is 0 Å². The largest absolute Gasteiger partial charge is 0.426 e. The second kappa shape index (κ2) is 18.5. The number of carbonyl (C=O) groups is 2. The smallest absolute Gasteiger partial charge is 0.373 e. The first-order valence-corrected chi connectivity index (χ1v) is 20.1. The number of nitrogens with one attached hydrogen (secondary N) is 2. The molecule has 23 heteroatoms. The lowest BCUT2D eigenvalue weighted by molar-refractivity contribution is -0.255. The standard InChI is InChI=1S/C22H18BrF5N2O4.C22H19F5N2O4/c1-10-14-8-12(4-5-13(14)18(31)34-30-10)29-19(32)21(33,22(26,27)28)9-20(2,3)15-6-11(24)7-16(25)17(15)23;1-11-17-9-15(4-5-16(17)18(30)33-29-11)28-19(31)21(32,22(25,26)27)10-20(2,3)12-6-13(23)8-14(24)7-12/h4-8,33H,9H2,1-3H3,(H,29,32);4-9,32H,10H2,1-3H3,(H,28,31). The summed E-state index contributed by atoms with van der Waals surface area (Å²) >= 11 is 2.89. The third kappa shape index (κ3) is 10.8. The van der Waals surface area contributed by atoms with Crippen LogP contribution in [0.3, 0.4) is 0 Å². The van der Waals surface area contributed by atoms with Gasteiger partial charge in [-0.2, -0.15) is 26.3 Å². The molecular formula is C44H37BrF10N4O8. The fourth-order valence-corrected chi connectivity index (χ4v) is 7.94. The molecular weight excluding hydrogens is 982 g/mol. The number of rotatable bonds is 10. The summed E-state index contributed by atoms with van der Waals surface area (Å²) < 4.78 is 148. The van der Waals surface area contributed by atoms with E-state index in [2.05, 4.69) is 35.3 Å². The molecule has 0 bridgehead atoms. The van der Waals surface area contributed by atoms with Crippen LogP contribution in [0.15, 0.2) is 89.8 Å². The number of anilines is 2. The van der Waals surface area contributed by atoms with Crippen LogP contribution in [0.25, 0.3) is 21.5 Å². The number of benzene rings is 4. The lowest BCUT2D eigenvalue weighted by Gasteiger charge is -2.37. The summed E-state index contributed by atoms with van der Waals surface area (Å²) in [6.07, 6.45) is -13.3. The maximum absolute atomic E-state index is 14.0. The van der Waals surface area contributed by atoms with E-state index >= 15 is 0 Å². The molecule has 2 amide bonds. The molecule has 67 heavy (non-hydrogen) atoms. The number of alkyl halides is 6. The second-order valence-electron chi connectivity index (χ2n) is 16.8. The number of nitrogens with zero attached hydrogens (tertiary/aromatic N) is 2. The van der Waals surface area contributed by atoms with Crippen molar-refractivity contribution in [1.82, 2.24) is 10.3 Å². The van der Waals surface area contributed by atoms with Crippen LogP contribution < -0.4 is 21.9 Å². The first-order valence-electron chi connectivity index (χ1n) is 19.3. The molecule has 0 aliphatic heterocycles. The van der Waals surface area contributed by atoms with Gasteiger partial charge in [-0.3, -0.25) is 9.59 Å². The van der Waals surface area contributed by atoms with Gasteiger partial charge in [-0.15, -0.1) is 0 Å². The highest BCUT2D eigenvalue weighted by Crippen LogP contribution is 2.45. The first-order chi connectivity index (χ1) is 30.7. The van der Waals surface area contributed by atoms with E-state index in [1.165, 1.54) is 71.9 Å². The highest BCUT2D eigenvalue weighted by atomic mass is 79.9. The van der Waals surface area contributed by atoms with Gasteiger partial charge in [0.2, 0.25) is 11.2 Å². The van der Waals surface area contributed by atoms with Gasteiger partial charge in [0.1, 0.15) is 23.3 Å². The number of carbonyl (C=O) groups excluding carboxylic acids is 2. The highest BCUT2D eigenvalue weighted by molar-refractivity contribution is 9.10. The van der Waals surface area contributed by atoms with Gasteiger partial charge < -0.3 is 29.9 Å². The van der Waals surface area contributed by atoms with Gasteiger partial charge in [0.25, 0.3) is 11.8 Å². The molecule has 2 heterocycles. The van der Waals surface area contributed by atoms with Crippen LogP contribution in [0.1, 0.15) is 63.1 Å². The fraction of sp³-hybridized carbons (Fsp3) is 0.318. The van der Waals surface area contributed by atoms with Crippen molar-refractivity contribution in [2.45, 2.75) is 88.8 Å². The Labute approximate surface area is 380 Å². The molecule has 0 saturated heterocycles. The van der Waals surface area contributed by atoms with Crippen molar-refractivity contribution >= 4 is 60.7 Å². The van der Waals surface area contributed by atoms with Crippen LogP contribution in [0.2, 0.25) is 0 Å². The van der Waals surface area contributed by atoms with Crippen molar-refractivity contribution < 1.29 is 72.8 Å². The minimum Gasteiger partial charge on any atom is -0.373 e. The van der Waals surface area contributed by atoms with E-state index in [1.54, 1.807) is 0 Å². The van der Waals surface area contributed by atoms with Gasteiger partial charge in [-0.25, -0.2) is 27.2 Å². The molecule has 0 saturated carbocycles. The molecule has 2 unspecified atom stereocenters. The summed E-state index contributed by atoms with van der Waals surface area (Å²) in [7, 11) is 0. The summed E-state index contributed by atoms with van der Waals surface area (Å²) in [5.74, 6) is -7.71. The van der Waals surface area contributed by atoms with E-state index in [0.29, 0.717) is 12.1 Å². The van der Waals surface area contributed by atoms with Crippen LogP contribution in [-0.4, -0.2) is 55.9 Å². The van der Waals surface area contributed by atoms with Gasteiger partial charge in [0.15, 0.2) is 0 Å². The number of aryl methyl sites for hydroxylation is 2. The van der Waals surface area contributed by atoms with Crippen LogP contribution in [0.5, 0.6) is 0 Å². The molecule has 0 aliphatic rings. The molecule has 358 valence electrons. The average molecular weight is 1020 g/mol. The van der Waals surface area contributed by atoms with Gasteiger partial charge in [-0.1, -0.05) is 38.0 Å². The molecule has 0 fully saturated rings. The molecule has 4 N–H and O–H groups in total. The molecule has 12 nitrogen and oxygen atoms in total. The SMILES string of the molecule is Cc1noc(=O)c2ccc(NC(=O)C(O)(CC(C)(C)c3cc(F)cc(F)c3)C(F)(F)F)cc12.Cc1noc(=O)c2ccc(NC(=O)C(O)(CC(C)(C)c3cc(F)cc(F)c3Br)C(F)(F)F)cc12. The van der Waals surface area contributed by atoms with E-state index in [0.717, 1.165) is 24.3 Å². The van der Waals surface area contributed by atoms with Gasteiger partial charge >= 0.3 is 23.6 Å². The summed E-state index contributed by atoms with van der Waals surface area (Å²) in [5, 5.41) is 32.8. The first kappa shape index (κ1) is 51.8. The molecule has 0 radical (unpaired) electrons. The van der Waals surface area contributed by atoms with Crippen LogP contribution in [0, 0.1) is 37.1 Å². The maximum atomic E-state index is 14.0. The van der Waals surface area contributed by atoms with E-state index in [-0.39, 0.29) is 59.9 Å². The van der Waals surface area contributed by atoms with E-state index in [4.69, 9.17) is 0 Å². The van der Waals surface area contributed by atoms with Crippen molar-refractivity contribution in [1.29, 1.82) is 0 Å². The molecule has 0 spiro atoms. The Balaban J connectivity index is 0.000000251. The molecule has 2 aromatic heterocycles. The third-order valence-corrected chi connectivity index (χ3v) is 11.6. The van der Waals surface area contributed by atoms with Gasteiger partial charge in [0, 0.05) is 47.1 Å². The minimum absolute atomic E-state index is 0.0932. The lowest BCUT2D eigenvalue weighted by Crippen LogP contribution is -2.57. The zero-order valence-electron chi connectivity index (χ0n) is 35.7. The lowest BCUT2D eigenvalue weighted by atomic mass is 9.74. The number of halogens is 11. The number of hydrogen-bond donors (Lipinski definition) is 4. The van der Waals surface area contributed by atoms with E-state index in [1.807, 2.05) is 10.6 Å². The van der Waals surface area contributed by atoms with Crippen molar-refractivity contribution in [3.8, 4) is 0 Å². The second-order valence-corrected chi connectivity index (χ2v) is 17.6.